The summed E-state index contributed by atoms with van der Waals surface area (Å²) in [6.07, 6.45) is 15.1. The Balaban J connectivity index is 1.56. The fourth-order valence-corrected chi connectivity index (χ4v) is 7.81. The zero-order chi connectivity index (χ0) is 17.7. The molecule has 1 unspecified atom stereocenters. The van der Waals surface area contributed by atoms with Crippen LogP contribution in [0.15, 0.2) is 12.2 Å². The SMILES string of the molecule is COCC1C=C[C@@]2(C)[C@@H](CC[C@@H]3[C@@H]2CC[C@]2(C)[C@@H](COC)CC[C@@H]32)C1. The first-order chi connectivity index (χ1) is 12.0. The lowest BCUT2D eigenvalue weighted by Gasteiger charge is -2.59. The van der Waals surface area contributed by atoms with Crippen LogP contribution in [0.4, 0.5) is 0 Å². The summed E-state index contributed by atoms with van der Waals surface area (Å²) in [6, 6.07) is 0. The van der Waals surface area contributed by atoms with Crippen LogP contribution in [-0.4, -0.2) is 27.4 Å². The van der Waals surface area contributed by atoms with E-state index in [9.17, 15) is 0 Å². The van der Waals surface area contributed by atoms with Crippen LogP contribution in [0.2, 0.25) is 0 Å². The van der Waals surface area contributed by atoms with E-state index < -0.39 is 0 Å². The fraction of sp³-hybridized carbons (Fsp3) is 0.913. The minimum Gasteiger partial charge on any atom is -0.384 e. The van der Waals surface area contributed by atoms with Crippen molar-refractivity contribution in [3.8, 4) is 0 Å². The smallest absolute Gasteiger partial charge is 0.0525 e. The summed E-state index contributed by atoms with van der Waals surface area (Å²) in [5, 5.41) is 0. The van der Waals surface area contributed by atoms with Gasteiger partial charge >= 0.3 is 0 Å². The van der Waals surface area contributed by atoms with Gasteiger partial charge in [-0.25, -0.2) is 0 Å². The number of hydrogen-bond acceptors (Lipinski definition) is 2. The first-order valence-corrected chi connectivity index (χ1v) is 10.7. The molecule has 8 atom stereocenters. The van der Waals surface area contributed by atoms with Crippen molar-refractivity contribution < 1.29 is 9.47 Å². The van der Waals surface area contributed by atoms with E-state index in [1.165, 1.54) is 44.9 Å². The van der Waals surface area contributed by atoms with Gasteiger partial charge in [-0.2, -0.15) is 0 Å². The lowest BCUT2D eigenvalue weighted by Crippen LogP contribution is -2.52. The molecule has 4 aliphatic carbocycles. The molecule has 4 aliphatic rings. The Morgan fingerprint density at radius 2 is 1.72 bits per heavy atom. The van der Waals surface area contributed by atoms with Crippen molar-refractivity contribution in [1.82, 2.24) is 0 Å². The van der Waals surface area contributed by atoms with Gasteiger partial charge in [-0.1, -0.05) is 26.0 Å². The normalized spacial score (nSPS) is 51.7. The molecule has 0 radical (unpaired) electrons. The number of ether oxygens (including phenoxy) is 2. The van der Waals surface area contributed by atoms with E-state index in [0.717, 1.165) is 42.8 Å². The highest BCUT2D eigenvalue weighted by molar-refractivity contribution is 5.16. The standard InChI is InChI=1S/C23H38O2/c1-22-11-9-16(14-24-3)13-17(22)5-7-19-20-8-6-18(15-25-4)23(20,2)12-10-21(19)22/h9,11,16-21H,5-8,10,12-15H2,1-4H3/t16?,17-,18+,19-,20-,21-,22-,23+/m0/s1. The second-order valence-electron chi connectivity index (χ2n) is 10.1. The molecule has 3 saturated carbocycles. The van der Waals surface area contributed by atoms with Crippen LogP contribution in [0.3, 0.4) is 0 Å². The van der Waals surface area contributed by atoms with Crippen LogP contribution < -0.4 is 0 Å². The van der Waals surface area contributed by atoms with Crippen molar-refractivity contribution in [2.24, 2.45) is 46.3 Å². The van der Waals surface area contributed by atoms with Crippen LogP contribution in [0.1, 0.15) is 58.8 Å². The van der Waals surface area contributed by atoms with Crippen molar-refractivity contribution in [1.29, 1.82) is 0 Å². The van der Waals surface area contributed by atoms with Crippen molar-refractivity contribution in [2.45, 2.75) is 58.8 Å². The van der Waals surface area contributed by atoms with E-state index in [2.05, 4.69) is 26.0 Å². The first kappa shape index (κ1) is 18.0. The largest absolute Gasteiger partial charge is 0.384 e. The summed E-state index contributed by atoms with van der Waals surface area (Å²) in [4.78, 5) is 0. The van der Waals surface area contributed by atoms with Gasteiger partial charge in [-0.15, -0.1) is 0 Å². The van der Waals surface area contributed by atoms with Crippen LogP contribution in [0.5, 0.6) is 0 Å². The molecule has 0 amide bonds. The Morgan fingerprint density at radius 3 is 2.48 bits per heavy atom. The second kappa shape index (κ2) is 6.68. The number of fused-ring (bicyclic) bond motifs is 5. The first-order valence-electron chi connectivity index (χ1n) is 10.7. The third-order valence-electron chi connectivity index (χ3n) is 9.22. The summed E-state index contributed by atoms with van der Waals surface area (Å²) in [7, 11) is 3.73. The molecule has 4 rings (SSSR count). The second-order valence-corrected chi connectivity index (χ2v) is 10.1. The van der Waals surface area contributed by atoms with Gasteiger partial charge < -0.3 is 9.47 Å². The van der Waals surface area contributed by atoms with Gasteiger partial charge in [0.1, 0.15) is 0 Å². The Hall–Kier alpha value is -0.340. The summed E-state index contributed by atoms with van der Waals surface area (Å²) in [5.74, 6) is 5.11. The maximum Gasteiger partial charge on any atom is 0.0525 e. The van der Waals surface area contributed by atoms with Gasteiger partial charge in [-0.3, -0.25) is 0 Å². The van der Waals surface area contributed by atoms with Crippen LogP contribution in [0.25, 0.3) is 0 Å². The highest BCUT2D eigenvalue weighted by atomic mass is 16.5. The predicted molar refractivity (Wildman–Crippen MR) is 102 cm³/mol. The predicted octanol–water partition coefficient (Wildman–Crippen LogP) is 5.33. The van der Waals surface area contributed by atoms with Gasteiger partial charge in [0.15, 0.2) is 0 Å². The molecule has 0 spiro atoms. The van der Waals surface area contributed by atoms with E-state index in [1.807, 2.05) is 14.2 Å². The average Bonchev–Trinajstić information content (AvgIpc) is 2.93. The van der Waals surface area contributed by atoms with Crippen molar-refractivity contribution in [3.63, 3.8) is 0 Å². The number of allylic oxidation sites excluding steroid dienone is 1. The summed E-state index contributed by atoms with van der Waals surface area (Å²) >= 11 is 0. The molecular weight excluding hydrogens is 308 g/mol. The van der Waals surface area contributed by atoms with E-state index in [1.54, 1.807) is 0 Å². The molecule has 0 N–H and O–H groups in total. The van der Waals surface area contributed by atoms with Gasteiger partial charge in [0.25, 0.3) is 0 Å². The lowest BCUT2D eigenvalue weighted by atomic mass is 9.45. The minimum atomic E-state index is 0.438. The molecule has 0 saturated heterocycles. The lowest BCUT2D eigenvalue weighted by molar-refractivity contribution is -0.0892. The Morgan fingerprint density at radius 1 is 0.920 bits per heavy atom. The van der Waals surface area contributed by atoms with Crippen molar-refractivity contribution in [2.75, 3.05) is 27.4 Å². The van der Waals surface area contributed by atoms with Crippen molar-refractivity contribution in [3.05, 3.63) is 12.2 Å². The summed E-state index contributed by atoms with van der Waals surface area (Å²) in [5.41, 5.74) is 0.977. The van der Waals surface area contributed by atoms with Gasteiger partial charge in [0.2, 0.25) is 0 Å². The third kappa shape index (κ3) is 2.74. The molecule has 0 heterocycles. The van der Waals surface area contributed by atoms with Crippen LogP contribution in [-0.2, 0) is 9.47 Å². The Kier molecular flexibility index (Phi) is 4.82. The molecule has 0 aliphatic heterocycles. The molecular formula is C23H38O2. The monoisotopic (exact) mass is 346 g/mol. The van der Waals surface area contributed by atoms with Gasteiger partial charge in [-0.05, 0) is 85.4 Å². The van der Waals surface area contributed by atoms with E-state index >= 15 is 0 Å². The summed E-state index contributed by atoms with van der Waals surface area (Å²) in [6.45, 7) is 7.07. The average molecular weight is 347 g/mol. The fourth-order valence-electron chi connectivity index (χ4n) is 7.81. The van der Waals surface area contributed by atoms with E-state index in [-0.39, 0.29) is 0 Å². The van der Waals surface area contributed by atoms with Gasteiger partial charge in [0, 0.05) is 26.7 Å². The highest BCUT2D eigenvalue weighted by Crippen LogP contribution is 2.66. The molecule has 0 aromatic carbocycles. The minimum absolute atomic E-state index is 0.438. The molecule has 142 valence electrons. The third-order valence-corrected chi connectivity index (χ3v) is 9.22. The van der Waals surface area contributed by atoms with Gasteiger partial charge in [0.05, 0.1) is 6.61 Å². The maximum atomic E-state index is 5.59. The molecule has 0 aromatic heterocycles. The zero-order valence-corrected chi connectivity index (χ0v) is 16.8. The quantitative estimate of drug-likeness (QED) is 0.641. The molecule has 0 bridgehead atoms. The maximum absolute atomic E-state index is 5.59. The Bertz CT molecular complexity index is 514. The zero-order valence-electron chi connectivity index (χ0n) is 16.8. The number of hydrogen-bond donors (Lipinski definition) is 0. The highest BCUT2D eigenvalue weighted by Gasteiger charge is 2.59. The van der Waals surface area contributed by atoms with E-state index in [4.69, 9.17) is 9.47 Å². The van der Waals surface area contributed by atoms with E-state index in [0.29, 0.717) is 16.7 Å². The van der Waals surface area contributed by atoms with Crippen LogP contribution >= 0.6 is 0 Å². The topological polar surface area (TPSA) is 18.5 Å². The number of rotatable bonds is 4. The molecule has 2 heteroatoms. The molecule has 2 nitrogen and oxygen atoms in total. The molecule has 3 fully saturated rings. The molecule has 0 aromatic rings. The summed E-state index contributed by atoms with van der Waals surface area (Å²) < 4.78 is 11.0. The van der Waals surface area contributed by atoms with Crippen LogP contribution in [0, 0.1) is 46.3 Å². The Labute approximate surface area is 154 Å². The number of methoxy groups -OCH3 is 2. The molecule has 25 heavy (non-hydrogen) atoms. The van der Waals surface area contributed by atoms with Crippen molar-refractivity contribution >= 4 is 0 Å².